The van der Waals surface area contributed by atoms with Crippen molar-refractivity contribution in [2.75, 3.05) is 11.9 Å². The fraction of sp³-hybridized carbons (Fsp3) is 0.0667. The van der Waals surface area contributed by atoms with Crippen LogP contribution in [0.4, 0.5) is 11.5 Å². The highest BCUT2D eigenvalue weighted by molar-refractivity contribution is 5.85. The second-order valence-electron chi connectivity index (χ2n) is 4.15. The zero-order valence-corrected chi connectivity index (χ0v) is 10.1. The first-order valence-electron chi connectivity index (χ1n) is 5.83. The molecule has 3 aromatic rings. The standard InChI is InChI=1S/C15H13N3/c1-18(15-4-2-3-8-17-15)14-6-5-13-11-16-9-7-12(13)10-14/h2-11H,1H3. The van der Waals surface area contributed by atoms with E-state index in [1.807, 2.05) is 43.7 Å². The lowest BCUT2D eigenvalue weighted by atomic mass is 10.1. The van der Waals surface area contributed by atoms with E-state index in [2.05, 4.69) is 33.1 Å². The van der Waals surface area contributed by atoms with Gasteiger partial charge in [0.25, 0.3) is 0 Å². The molecule has 0 aliphatic heterocycles. The molecule has 0 N–H and O–H groups in total. The van der Waals surface area contributed by atoms with Crippen molar-refractivity contribution in [3.63, 3.8) is 0 Å². The van der Waals surface area contributed by atoms with Gasteiger partial charge in [0, 0.05) is 36.7 Å². The summed E-state index contributed by atoms with van der Waals surface area (Å²) in [5.74, 6) is 0.936. The molecule has 3 heteroatoms. The maximum atomic E-state index is 4.35. The topological polar surface area (TPSA) is 29.0 Å². The second-order valence-corrected chi connectivity index (χ2v) is 4.15. The minimum atomic E-state index is 0.936. The maximum Gasteiger partial charge on any atom is 0.132 e. The van der Waals surface area contributed by atoms with Crippen molar-refractivity contribution in [3.8, 4) is 0 Å². The Balaban J connectivity index is 2.04. The second kappa shape index (κ2) is 4.45. The first kappa shape index (κ1) is 10.7. The fourth-order valence-electron chi connectivity index (χ4n) is 1.96. The van der Waals surface area contributed by atoms with E-state index in [1.54, 1.807) is 6.20 Å². The first-order valence-corrected chi connectivity index (χ1v) is 5.83. The van der Waals surface area contributed by atoms with Crippen LogP contribution in [0.1, 0.15) is 0 Å². The highest BCUT2D eigenvalue weighted by atomic mass is 15.2. The smallest absolute Gasteiger partial charge is 0.132 e. The molecule has 0 spiro atoms. The molecule has 0 aliphatic rings. The molecular formula is C15H13N3. The molecule has 0 unspecified atom stereocenters. The fourth-order valence-corrected chi connectivity index (χ4v) is 1.96. The van der Waals surface area contributed by atoms with E-state index >= 15 is 0 Å². The number of benzene rings is 1. The molecular weight excluding hydrogens is 222 g/mol. The number of aromatic nitrogens is 2. The highest BCUT2D eigenvalue weighted by Crippen LogP contribution is 2.25. The molecule has 3 nitrogen and oxygen atoms in total. The van der Waals surface area contributed by atoms with Crippen molar-refractivity contribution in [3.05, 3.63) is 61.1 Å². The molecule has 0 bridgehead atoms. The number of hydrogen-bond donors (Lipinski definition) is 0. The van der Waals surface area contributed by atoms with Gasteiger partial charge < -0.3 is 4.90 Å². The lowest BCUT2D eigenvalue weighted by molar-refractivity contribution is 1.13. The van der Waals surface area contributed by atoms with Crippen LogP contribution in [0.15, 0.2) is 61.1 Å². The minimum Gasteiger partial charge on any atom is -0.329 e. The van der Waals surface area contributed by atoms with Crippen molar-refractivity contribution in [2.24, 2.45) is 0 Å². The van der Waals surface area contributed by atoms with Crippen LogP contribution in [0.25, 0.3) is 10.8 Å². The van der Waals surface area contributed by atoms with Gasteiger partial charge in [0.05, 0.1) is 0 Å². The summed E-state index contributed by atoms with van der Waals surface area (Å²) in [6, 6.07) is 14.2. The lowest BCUT2D eigenvalue weighted by Crippen LogP contribution is -2.10. The third kappa shape index (κ3) is 1.91. The third-order valence-electron chi connectivity index (χ3n) is 3.00. The number of nitrogens with zero attached hydrogens (tertiary/aromatic N) is 3. The summed E-state index contributed by atoms with van der Waals surface area (Å²) < 4.78 is 0. The van der Waals surface area contributed by atoms with Crippen LogP contribution in [0.3, 0.4) is 0 Å². The summed E-state index contributed by atoms with van der Waals surface area (Å²) in [5, 5.41) is 2.33. The van der Waals surface area contributed by atoms with Gasteiger partial charge in [-0.3, -0.25) is 4.98 Å². The quantitative estimate of drug-likeness (QED) is 0.681. The van der Waals surface area contributed by atoms with Gasteiger partial charge in [0.1, 0.15) is 5.82 Å². The summed E-state index contributed by atoms with van der Waals surface area (Å²) in [7, 11) is 2.02. The zero-order chi connectivity index (χ0) is 12.4. The molecule has 3 rings (SSSR count). The Kier molecular flexibility index (Phi) is 2.65. The molecule has 1 aromatic carbocycles. The lowest BCUT2D eigenvalue weighted by Gasteiger charge is -2.18. The number of pyridine rings is 2. The molecule has 2 heterocycles. The third-order valence-corrected chi connectivity index (χ3v) is 3.00. The SMILES string of the molecule is CN(c1ccc2cnccc2c1)c1ccccn1. The van der Waals surface area contributed by atoms with E-state index in [0.717, 1.165) is 16.9 Å². The molecule has 18 heavy (non-hydrogen) atoms. The molecule has 0 radical (unpaired) electrons. The van der Waals surface area contributed by atoms with Gasteiger partial charge in [-0.15, -0.1) is 0 Å². The van der Waals surface area contributed by atoms with Crippen LogP contribution < -0.4 is 4.90 Å². The number of rotatable bonds is 2. The Hall–Kier alpha value is -2.42. The van der Waals surface area contributed by atoms with Gasteiger partial charge in [-0.25, -0.2) is 4.98 Å². The molecule has 0 saturated carbocycles. The summed E-state index contributed by atoms with van der Waals surface area (Å²) in [5.41, 5.74) is 1.12. The Morgan fingerprint density at radius 3 is 2.72 bits per heavy atom. The predicted molar refractivity (Wildman–Crippen MR) is 74.0 cm³/mol. The van der Waals surface area contributed by atoms with Crippen LogP contribution in [-0.4, -0.2) is 17.0 Å². The van der Waals surface area contributed by atoms with Gasteiger partial charge in [0.2, 0.25) is 0 Å². The van der Waals surface area contributed by atoms with Crippen molar-refractivity contribution in [1.82, 2.24) is 9.97 Å². The van der Waals surface area contributed by atoms with Gasteiger partial charge in [-0.05, 0) is 35.7 Å². The summed E-state index contributed by atoms with van der Waals surface area (Å²) >= 11 is 0. The molecule has 0 aliphatic carbocycles. The van der Waals surface area contributed by atoms with Crippen LogP contribution in [0.5, 0.6) is 0 Å². The van der Waals surface area contributed by atoms with Crippen LogP contribution in [0, 0.1) is 0 Å². The Bertz CT molecular complexity index is 665. The van der Waals surface area contributed by atoms with Crippen molar-refractivity contribution >= 4 is 22.3 Å². The van der Waals surface area contributed by atoms with E-state index in [1.165, 1.54) is 5.39 Å². The monoisotopic (exact) mass is 235 g/mol. The van der Waals surface area contributed by atoms with Crippen molar-refractivity contribution in [1.29, 1.82) is 0 Å². The Morgan fingerprint density at radius 2 is 1.89 bits per heavy atom. The van der Waals surface area contributed by atoms with E-state index in [-0.39, 0.29) is 0 Å². The number of hydrogen-bond acceptors (Lipinski definition) is 3. The molecule has 2 aromatic heterocycles. The van der Waals surface area contributed by atoms with Crippen LogP contribution >= 0.6 is 0 Å². The Labute approximate surface area is 106 Å². The van der Waals surface area contributed by atoms with Crippen LogP contribution in [0.2, 0.25) is 0 Å². The summed E-state index contributed by atoms with van der Waals surface area (Å²) in [6.45, 7) is 0. The molecule has 0 atom stereocenters. The summed E-state index contributed by atoms with van der Waals surface area (Å²) in [4.78, 5) is 10.5. The predicted octanol–water partition coefficient (Wildman–Crippen LogP) is 3.40. The van der Waals surface area contributed by atoms with Crippen molar-refractivity contribution in [2.45, 2.75) is 0 Å². The van der Waals surface area contributed by atoms with E-state index in [4.69, 9.17) is 0 Å². The molecule has 88 valence electrons. The van der Waals surface area contributed by atoms with Crippen LogP contribution in [-0.2, 0) is 0 Å². The number of fused-ring (bicyclic) bond motifs is 1. The van der Waals surface area contributed by atoms with Gasteiger partial charge >= 0.3 is 0 Å². The zero-order valence-electron chi connectivity index (χ0n) is 10.1. The largest absolute Gasteiger partial charge is 0.329 e. The van der Waals surface area contributed by atoms with E-state index in [0.29, 0.717) is 0 Å². The highest BCUT2D eigenvalue weighted by Gasteiger charge is 2.05. The summed E-state index contributed by atoms with van der Waals surface area (Å²) in [6.07, 6.45) is 5.49. The molecule has 0 amide bonds. The average Bonchev–Trinajstić information content (AvgIpc) is 2.47. The van der Waals surface area contributed by atoms with Crippen molar-refractivity contribution < 1.29 is 0 Å². The van der Waals surface area contributed by atoms with E-state index < -0.39 is 0 Å². The van der Waals surface area contributed by atoms with Gasteiger partial charge in [0.15, 0.2) is 0 Å². The van der Waals surface area contributed by atoms with Gasteiger partial charge in [-0.1, -0.05) is 12.1 Å². The van der Waals surface area contributed by atoms with E-state index in [9.17, 15) is 0 Å². The normalized spacial score (nSPS) is 10.5. The first-order chi connectivity index (χ1) is 8.84. The molecule has 0 fully saturated rings. The maximum absolute atomic E-state index is 4.35. The molecule has 0 saturated heterocycles. The van der Waals surface area contributed by atoms with Gasteiger partial charge in [-0.2, -0.15) is 0 Å². The Morgan fingerprint density at radius 1 is 0.944 bits per heavy atom. The minimum absolute atomic E-state index is 0.936. The number of anilines is 2. The average molecular weight is 235 g/mol.